The first kappa shape index (κ1) is 23.6. The van der Waals surface area contributed by atoms with E-state index in [2.05, 4.69) is 31.3 Å². The molecule has 7 heteroatoms. The molecule has 1 N–H and O–H groups in total. The average Bonchev–Trinajstić information content (AvgIpc) is 2.97. The van der Waals surface area contributed by atoms with Crippen LogP contribution in [0, 0.1) is 13.8 Å². The van der Waals surface area contributed by atoms with Crippen LogP contribution >= 0.6 is 35.0 Å². The number of nitrogens with zero attached hydrogens (tertiary/aromatic N) is 2. The molecule has 0 saturated carbocycles. The second-order valence-electron chi connectivity index (χ2n) is 7.86. The Morgan fingerprint density at radius 2 is 1.48 bits per heavy atom. The van der Waals surface area contributed by atoms with E-state index in [1.165, 1.54) is 17.3 Å². The Hall–Kier alpha value is -2.60. The maximum absolute atomic E-state index is 12.5. The Balaban J connectivity index is 1.51. The monoisotopic (exact) mass is 495 g/mol. The molecule has 1 aliphatic rings. The van der Waals surface area contributed by atoms with Gasteiger partial charge >= 0.3 is 0 Å². The van der Waals surface area contributed by atoms with E-state index in [0.717, 1.165) is 38.8 Å². The first-order valence-electron chi connectivity index (χ1n) is 10.5. The molecule has 0 fully saturated rings. The molecular formula is C26H23Cl2N3OS. The lowest BCUT2D eigenvalue weighted by Crippen LogP contribution is -2.25. The number of rotatable bonds is 5. The van der Waals surface area contributed by atoms with E-state index in [0.29, 0.717) is 23.0 Å². The Morgan fingerprint density at radius 1 is 0.909 bits per heavy atom. The average molecular weight is 496 g/mol. The molecule has 0 unspecified atom stereocenters. The molecule has 0 bridgehead atoms. The van der Waals surface area contributed by atoms with Crippen molar-refractivity contribution in [3.05, 3.63) is 93.0 Å². The van der Waals surface area contributed by atoms with Gasteiger partial charge in [-0.3, -0.25) is 9.79 Å². The molecule has 0 atom stereocenters. The van der Waals surface area contributed by atoms with Gasteiger partial charge in [-0.05, 0) is 72.5 Å². The highest BCUT2D eigenvalue weighted by molar-refractivity contribution is 8.14. The van der Waals surface area contributed by atoms with Crippen molar-refractivity contribution in [1.29, 1.82) is 0 Å². The third-order valence-electron chi connectivity index (χ3n) is 5.36. The molecule has 168 valence electrons. The minimum absolute atomic E-state index is 0.0489. The number of benzene rings is 3. The van der Waals surface area contributed by atoms with Crippen LogP contribution in [0.25, 0.3) is 0 Å². The van der Waals surface area contributed by atoms with Gasteiger partial charge in [-0.1, -0.05) is 47.5 Å². The molecule has 1 amide bonds. The highest BCUT2D eigenvalue weighted by Crippen LogP contribution is 2.36. The maximum atomic E-state index is 12.5. The summed E-state index contributed by atoms with van der Waals surface area (Å²) in [6.07, 6.45) is 0.545. The van der Waals surface area contributed by atoms with Crippen molar-refractivity contribution in [2.75, 3.05) is 5.75 Å². The van der Waals surface area contributed by atoms with Crippen LogP contribution in [0.4, 0.5) is 11.4 Å². The van der Waals surface area contributed by atoms with Crippen LogP contribution in [0.3, 0.4) is 0 Å². The second kappa shape index (κ2) is 10.6. The number of carbonyl (C=O) groups is 1. The van der Waals surface area contributed by atoms with E-state index in [9.17, 15) is 4.79 Å². The van der Waals surface area contributed by atoms with Gasteiger partial charge in [0.1, 0.15) is 0 Å². The predicted octanol–water partition coefficient (Wildman–Crippen LogP) is 7.21. The van der Waals surface area contributed by atoms with Gasteiger partial charge in [-0.2, -0.15) is 0 Å². The van der Waals surface area contributed by atoms with Gasteiger partial charge in [0.05, 0.1) is 27.9 Å². The lowest BCUT2D eigenvalue weighted by Gasteiger charge is -2.09. The summed E-state index contributed by atoms with van der Waals surface area (Å²) in [6.45, 7) is 4.60. The number of aryl methyl sites for hydroxylation is 2. The van der Waals surface area contributed by atoms with Crippen LogP contribution in [0.5, 0.6) is 0 Å². The molecule has 4 rings (SSSR count). The second-order valence-corrected chi connectivity index (χ2v) is 9.79. The van der Waals surface area contributed by atoms with Gasteiger partial charge in [0, 0.05) is 23.0 Å². The van der Waals surface area contributed by atoms with Crippen LogP contribution in [-0.4, -0.2) is 22.4 Å². The summed E-state index contributed by atoms with van der Waals surface area (Å²) in [5.41, 5.74) is 6.89. The quantitative estimate of drug-likeness (QED) is 0.406. The van der Waals surface area contributed by atoms with E-state index in [1.807, 2.05) is 48.5 Å². The number of halogens is 2. The lowest BCUT2D eigenvalue weighted by molar-refractivity contribution is -0.118. The summed E-state index contributed by atoms with van der Waals surface area (Å²) < 4.78 is 0. The molecule has 4 nitrogen and oxygen atoms in total. The summed E-state index contributed by atoms with van der Waals surface area (Å²) in [5.74, 6) is 0.229. The molecule has 0 saturated heterocycles. The molecule has 0 spiro atoms. The number of nitrogens with one attached hydrogen (secondary N) is 1. The summed E-state index contributed by atoms with van der Waals surface area (Å²) in [5, 5.41) is 5.17. The predicted molar refractivity (Wildman–Crippen MR) is 141 cm³/mol. The summed E-state index contributed by atoms with van der Waals surface area (Å²) >= 11 is 13.4. The Morgan fingerprint density at radius 3 is 2.12 bits per heavy atom. The zero-order valence-corrected chi connectivity index (χ0v) is 20.7. The number of fused-ring (bicyclic) bond motifs is 1. The minimum atomic E-state index is -0.0489. The molecule has 1 aliphatic heterocycles. The number of thioether (sulfide) groups is 1. The summed E-state index contributed by atoms with van der Waals surface area (Å²) in [6, 6.07) is 19.2. The molecule has 0 radical (unpaired) electrons. The van der Waals surface area contributed by atoms with E-state index < -0.39 is 0 Å². The van der Waals surface area contributed by atoms with Gasteiger partial charge in [0.15, 0.2) is 0 Å². The van der Waals surface area contributed by atoms with Crippen molar-refractivity contribution in [2.24, 2.45) is 9.98 Å². The van der Waals surface area contributed by atoms with Crippen molar-refractivity contribution in [3.8, 4) is 0 Å². The zero-order valence-electron chi connectivity index (χ0n) is 18.4. The van der Waals surface area contributed by atoms with E-state index in [-0.39, 0.29) is 11.7 Å². The van der Waals surface area contributed by atoms with E-state index >= 15 is 0 Å². The highest BCUT2D eigenvalue weighted by Gasteiger charge is 2.17. The fourth-order valence-corrected chi connectivity index (χ4v) is 4.42. The van der Waals surface area contributed by atoms with Gasteiger partial charge < -0.3 is 5.32 Å². The Kier molecular flexibility index (Phi) is 7.53. The smallest absolute Gasteiger partial charge is 0.230 e. The Labute approximate surface area is 208 Å². The summed E-state index contributed by atoms with van der Waals surface area (Å²) in [4.78, 5) is 22.3. The van der Waals surface area contributed by atoms with E-state index in [1.54, 1.807) is 0 Å². The van der Waals surface area contributed by atoms with Gasteiger partial charge in [-0.25, -0.2) is 4.99 Å². The lowest BCUT2D eigenvalue weighted by atomic mass is 10.1. The molecule has 3 aromatic carbocycles. The van der Waals surface area contributed by atoms with Crippen molar-refractivity contribution < 1.29 is 4.79 Å². The number of aliphatic imine (C=N–C) groups is 2. The first-order valence-corrected chi connectivity index (χ1v) is 12.3. The van der Waals surface area contributed by atoms with Crippen LogP contribution in [-0.2, 0) is 11.3 Å². The third-order valence-corrected chi connectivity index (χ3v) is 6.84. The van der Waals surface area contributed by atoms with Gasteiger partial charge in [-0.15, -0.1) is 11.8 Å². The van der Waals surface area contributed by atoms with Crippen LogP contribution in [0.15, 0.2) is 70.6 Å². The van der Waals surface area contributed by atoms with Crippen molar-refractivity contribution in [3.63, 3.8) is 0 Å². The minimum Gasteiger partial charge on any atom is -0.351 e. The normalized spacial score (nSPS) is 13.0. The number of hydrogen-bond donors (Lipinski definition) is 1. The highest BCUT2D eigenvalue weighted by atomic mass is 35.5. The third kappa shape index (κ3) is 6.26. The van der Waals surface area contributed by atoms with Crippen LogP contribution < -0.4 is 5.32 Å². The standard InChI is InChI=1S/C26H23Cl2N3OS/c1-16-11-23-24(12-17(16)2)31-26(13-22(30-23)19-5-9-21(28)10-6-19)33-15-25(32)29-14-18-3-7-20(27)8-4-18/h3-12H,13-15H2,1-2H3,(H,29,32). The molecule has 33 heavy (non-hydrogen) atoms. The van der Waals surface area contributed by atoms with Crippen LogP contribution in [0.2, 0.25) is 10.0 Å². The van der Waals surface area contributed by atoms with Crippen molar-refractivity contribution in [2.45, 2.75) is 26.8 Å². The SMILES string of the molecule is Cc1cc2c(cc1C)N=C(c1ccc(Cl)cc1)CC(SCC(=O)NCc1ccc(Cl)cc1)=N2. The topological polar surface area (TPSA) is 53.8 Å². The molecule has 0 aromatic heterocycles. The number of carbonyl (C=O) groups excluding carboxylic acids is 1. The largest absolute Gasteiger partial charge is 0.351 e. The maximum Gasteiger partial charge on any atom is 0.230 e. The van der Waals surface area contributed by atoms with Crippen LogP contribution in [0.1, 0.15) is 28.7 Å². The first-order chi connectivity index (χ1) is 15.9. The molecule has 3 aromatic rings. The fourth-order valence-electron chi connectivity index (χ4n) is 3.36. The Bertz CT molecular complexity index is 1240. The number of hydrogen-bond acceptors (Lipinski definition) is 4. The van der Waals surface area contributed by atoms with Crippen molar-refractivity contribution in [1.82, 2.24) is 5.32 Å². The van der Waals surface area contributed by atoms with Gasteiger partial charge in [0.2, 0.25) is 5.91 Å². The fraction of sp³-hybridized carbons (Fsp3) is 0.192. The molecular weight excluding hydrogens is 473 g/mol. The molecule has 1 heterocycles. The van der Waals surface area contributed by atoms with E-state index in [4.69, 9.17) is 33.2 Å². The summed E-state index contributed by atoms with van der Waals surface area (Å²) in [7, 11) is 0. The van der Waals surface area contributed by atoms with Gasteiger partial charge in [0.25, 0.3) is 0 Å². The van der Waals surface area contributed by atoms with Crippen molar-refractivity contribution >= 4 is 63.0 Å². The molecule has 0 aliphatic carbocycles. The zero-order chi connectivity index (χ0) is 23.4. The number of amides is 1.